The van der Waals surface area contributed by atoms with Gasteiger partial charge in [-0.2, -0.15) is 0 Å². The lowest BCUT2D eigenvalue weighted by Gasteiger charge is -2.12. The Hall–Kier alpha value is -2.89. The van der Waals surface area contributed by atoms with E-state index in [4.69, 9.17) is 4.74 Å². The van der Waals surface area contributed by atoms with Gasteiger partial charge in [0.2, 0.25) is 0 Å². The van der Waals surface area contributed by atoms with Gasteiger partial charge in [0.05, 0.1) is 29.2 Å². The van der Waals surface area contributed by atoms with Crippen molar-refractivity contribution in [2.75, 3.05) is 17.2 Å². The molecule has 0 fully saturated rings. The zero-order valence-electron chi connectivity index (χ0n) is 13.3. The van der Waals surface area contributed by atoms with Gasteiger partial charge in [0.1, 0.15) is 0 Å². The Bertz CT molecular complexity index is 715. The highest BCUT2D eigenvalue weighted by atomic mass is 16.5. The number of aromatic nitrogens is 1. The van der Waals surface area contributed by atoms with E-state index in [1.54, 1.807) is 39.0 Å². The van der Waals surface area contributed by atoms with E-state index < -0.39 is 12.0 Å². The maximum absolute atomic E-state index is 12.1. The molecule has 23 heavy (non-hydrogen) atoms. The third kappa shape index (κ3) is 4.29. The van der Waals surface area contributed by atoms with Crippen molar-refractivity contribution in [2.45, 2.75) is 20.8 Å². The van der Waals surface area contributed by atoms with Gasteiger partial charge in [-0.25, -0.2) is 9.59 Å². The number of nitrogens with one attached hydrogen (secondary N) is 2. The van der Waals surface area contributed by atoms with Crippen LogP contribution in [-0.4, -0.2) is 23.6 Å². The summed E-state index contributed by atoms with van der Waals surface area (Å²) in [6, 6.07) is 10.3. The summed E-state index contributed by atoms with van der Waals surface area (Å²) in [5.41, 5.74) is 2.67. The smallest absolute Gasteiger partial charge is 0.340 e. The molecule has 2 rings (SSSR count). The van der Waals surface area contributed by atoms with Gasteiger partial charge in [-0.3, -0.25) is 4.98 Å². The number of esters is 1. The number of ether oxygens (including phenoxy) is 1. The van der Waals surface area contributed by atoms with Gasteiger partial charge >= 0.3 is 12.0 Å². The van der Waals surface area contributed by atoms with Crippen LogP contribution < -0.4 is 10.6 Å². The number of pyridine rings is 1. The molecule has 0 aliphatic rings. The molecule has 0 bridgehead atoms. The fourth-order valence-electron chi connectivity index (χ4n) is 2.07. The van der Waals surface area contributed by atoms with Crippen molar-refractivity contribution in [3.05, 3.63) is 53.3 Å². The minimum atomic E-state index is -0.455. The molecule has 2 N–H and O–H groups in total. The maximum atomic E-state index is 12.1. The van der Waals surface area contributed by atoms with E-state index in [1.165, 1.54) is 0 Å². The lowest BCUT2D eigenvalue weighted by molar-refractivity contribution is 0.0525. The Morgan fingerprint density at radius 2 is 1.78 bits per heavy atom. The second-order valence-electron chi connectivity index (χ2n) is 4.92. The number of nitrogens with zero attached hydrogens (tertiary/aromatic N) is 1. The van der Waals surface area contributed by atoms with Crippen molar-refractivity contribution in [1.29, 1.82) is 0 Å². The molecule has 0 aliphatic carbocycles. The summed E-state index contributed by atoms with van der Waals surface area (Å²) in [6.45, 7) is 5.51. The van der Waals surface area contributed by atoms with Gasteiger partial charge < -0.3 is 15.4 Å². The minimum absolute atomic E-state index is 0.281. The zero-order chi connectivity index (χ0) is 16.8. The van der Waals surface area contributed by atoms with Crippen LogP contribution in [0.5, 0.6) is 0 Å². The highest BCUT2D eigenvalue weighted by Gasteiger charge is 2.15. The van der Waals surface area contributed by atoms with Crippen molar-refractivity contribution in [2.24, 2.45) is 0 Å². The first-order chi connectivity index (χ1) is 11.0. The Morgan fingerprint density at radius 3 is 2.43 bits per heavy atom. The van der Waals surface area contributed by atoms with E-state index in [0.717, 1.165) is 0 Å². The molecule has 0 unspecified atom stereocenters. The monoisotopic (exact) mass is 313 g/mol. The number of aryl methyl sites for hydroxylation is 2. The molecular weight excluding hydrogens is 294 g/mol. The first kappa shape index (κ1) is 16.5. The number of anilines is 2. The van der Waals surface area contributed by atoms with Crippen LogP contribution in [0.4, 0.5) is 16.2 Å². The number of para-hydroxylation sites is 1. The van der Waals surface area contributed by atoms with Crippen molar-refractivity contribution < 1.29 is 14.3 Å². The molecule has 1 heterocycles. The summed E-state index contributed by atoms with van der Waals surface area (Å²) < 4.78 is 5.00. The summed E-state index contributed by atoms with van der Waals surface area (Å²) in [5.74, 6) is -0.455. The summed E-state index contributed by atoms with van der Waals surface area (Å²) in [7, 11) is 0. The molecule has 0 radical (unpaired) electrons. The van der Waals surface area contributed by atoms with Crippen LogP contribution in [0.1, 0.15) is 28.7 Å². The van der Waals surface area contributed by atoms with E-state index >= 15 is 0 Å². The number of hydrogen-bond donors (Lipinski definition) is 2. The number of urea groups is 1. The highest BCUT2D eigenvalue weighted by molar-refractivity contribution is 6.01. The zero-order valence-corrected chi connectivity index (χ0v) is 13.3. The molecule has 0 atom stereocenters. The normalized spacial score (nSPS) is 10.0. The molecule has 0 saturated heterocycles. The highest BCUT2D eigenvalue weighted by Crippen LogP contribution is 2.19. The van der Waals surface area contributed by atoms with E-state index in [9.17, 15) is 9.59 Å². The second kappa shape index (κ2) is 7.40. The SMILES string of the molecule is CCOC(=O)c1cc(NC(=O)Nc2ccccc2)c(C)nc1C. The lowest BCUT2D eigenvalue weighted by atomic mass is 10.1. The fraction of sp³-hybridized carbons (Fsp3) is 0.235. The Morgan fingerprint density at radius 1 is 1.09 bits per heavy atom. The number of carbonyl (C=O) groups excluding carboxylic acids is 2. The molecule has 120 valence electrons. The largest absolute Gasteiger partial charge is 0.462 e. The molecular formula is C17H19N3O3. The third-order valence-corrected chi connectivity index (χ3v) is 3.18. The third-order valence-electron chi connectivity index (χ3n) is 3.18. The average Bonchev–Trinajstić information content (AvgIpc) is 2.51. The van der Waals surface area contributed by atoms with Gasteiger partial charge in [-0.1, -0.05) is 18.2 Å². The van der Waals surface area contributed by atoms with Crippen LogP contribution in [0.2, 0.25) is 0 Å². The van der Waals surface area contributed by atoms with E-state index in [2.05, 4.69) is 15.6 Å². The first-order valence-electron chi connectivity index (χ1n) is 7.29. The molecule has 2 amide bonds. The summed E-state index contributed by atoms with van der Waals surface area (Å²) in [4.78, 5) is 28.3. The number of amides is 2. The standard InChI is InChI=1S/C17H19N3O3/c1-4-23-16(21)14-10-15(12(3)18-11(14)2)20-17(22)19-13-8-6-5-7-9-13/h5-10H,4H2,1-3H3,(H2,19,20,22). The number of rotatable bonds is 4. The summed E-state index contributed by atoms with van der Waals surface area (Å²) in [6.07, 6.45) is 0. The summed E-state index contributed by atoms with van der Waals surface area (Å²) >= 11 is 0. The predicted octanol–water partition coefficient (Wildman–Crippen LogP) is 3.52. The number of carbonyl (C=O) groups is 2. The second-order valence-corrected chi connectivity index (χ2v) is 4.92. The molecule has 0 spiro atoms. The Balaban J connectivity index is 2.17. The van der Waals surface area contributed by atoms with Gasteiger partial charge in [0, 0.05) is 5.69 Å². The minimum Gasteiger partial charge on any atom is -0.462 e. The van der Waals surface area contributed by atoms with Crippen LogP contribution in [0.15, 0.2) is 36.4 Å². The number of hydrogen-bond acceptors (Lipinski definition) is 4. The van der Waals surface area contributed by atoms with Crippen molar-refractivity contribution in [3.63, 3.8) is 0 Å². The lowest BCUT2D eigenvalue weighted by Crippen LogP contribution is -2.21. The van der Waals surface area contributed by atoms with E-state index in [0.29, 0.717) is 28.3 Å². The molecule has 6 heteroatoms. The van der Waals surface area contributed by atoms with Crippen LogP contribution in [0, 0.1) is 13.8 Å². The Labute approximate surface area is 134 Å². The average molecular weight is 313 g/mol. The van der Waals surface area contributed by atoms with Crippen LogP contribution in [-0.2, 0) is 4.74 Å². The van der Waals surface area contributed by atoms with Gasteiger partial charge in [0.15, 0.2) is 0 Å². The van der Waals surface area contributed by atoms with Gasteiger partial charge in [-0.05, 0) is 39.0 Å². The van der Waals surface area contributed by atoms with Crippen molar-refractivity contribution in [1.82, 2.24) is 4.98 Å². The van der Waals surface area contributed by atoms with Crippen LogP contribution in [0.25, 0.3) is 0 Å². The molecule has 0 saturated carbocycles. The molecule has 1 aromatic heterocycles. The van der Waals surface area contributed by atoms with Crippen molar-refractivity contribution >= 4 is 23.4 Å². The first-order valence-corrected chi connectivity index (χ1v) is 7.29. The van der Waals surface area contributed by atoms with E-state index in [-0.39, 0.29) is 6.61 Å². The fourth-order valence-corrected chi connectivity index (χ4v) is 2.07. The van der Waals surface area contributed by atoms with E-state index in [1.807, 2.05) is 18.2 Å². The van der Waals surface area contributed by atoms with Gasteiger partial charge in [0.25, 0.3) is 0 Å². The van der Waals surface area contributed by atoms with Crippen molar-refractivity contribution in [3.8, 4) is 0 Å². The molecule has 6 nitrogen and oxygen atoms in total. The molecule has 2 aromatic rings. The quantitative estimate of drug-likeness (QED) is 0.846. The number of benzene rings is 1. The molecule has 0 aliphatic heterocycles. The topological polar surface area (TPSA) is 80.3 Å². The summed E-state index contributed by atoms with van der Waals surface area (Å²) in [5, 5.41) is 5.42. The molecule has 1 aromatic carbocycles. The maximum Gasteiger partial charge on any atom is 0.340 e. The van der Waals surface area contributed by atoms with Gasteiger partial charge in [-0.15, -0.1) is 0 Å². The van der Waals surface area contributed by atoms with Crippen LogP contribution in [0.3, 0.4) is 0 Å². The predicted molar refractivity (Wildman–Crippen MR) is 88.8 cm³/mol. The Kier molecular flexibility index (Phi) is 5.30. The van der Waals surface area contributed by atoms with Crippen LogP contribution >= 0.6 is 0 Å².